The van der Waals surface area contributed by atoms with Gasteiger partial charge in [0.05, 0.1) is 27.4 Å². The highest BCUT2D eigenvalue weighted by molar-refractivity contribution is 5.53. The molecule has 1 aromatic carbocycles. The maximum Gasteiger partial charge on any atom is 0.203 e. The van der Waals surface area contributed by atoms with E-state index in [1.807, 2.05) is 26.0 Å². The molecule has 0 heterocycles. The normalized spacial score (nSPS) is 10.7. The fourth-order valence-electron chi connectivity index (χ4n) is 1.60. The first-order valence-corrected chi connectivity index (χ1v) is 5.92. The molecular formula is C14H20N2O3. The number of nitriles is 1. The zero-order valence-corrected chi connectivity index (χ0v) is 12.0. The Morgan fingerprint density at radius 3 is 2.00 bits per heavy atom. The Bertz CT molecular complexity index is 453. The molecule has 5 nitrogen and oxygen atoms in total. The molecule has 0 spiro atoms. The van der Waals surface area contributed by atoms with E-state index in [0.717, 1.165) is 5.56 Å². The van der Waals surface area contributed by atoms with E-state index >= 15 is 0 Å². The quantitative estimate of drug-likeness (QED) is 0.852. The monoisotopic (exact) mass is 264 g/mol. The largest absolute Gasteiger partial charge is 0.493 e. The van der Waals surface area contributed by atoms with Crippen LogP contribution in [-0.4, -0.2) is 26.9 Å². The van der Waals surface area contributed by atoms with Crippen LogP contribution < -0.4 is 19.5 Å². The second-order valence-electron chi connectivity index (χ2n) is 4.62. The van der Waals surface area contributed by atoms with Crippen LogP contribution in [0.15, 0.2) is 12.1 Å². The van der Waals surface area contributed by atoms with Crippen LogP contribution in [0.3, 0.4) is 0 Å². The Labute approximate surface area is 114 Å². The average Bonchev–Trinajstić information content (AvgIpc) is 2.43. The Morgan fingerprint density at radius 1 is 1.11 bits per heavy atom. The van der Waals surface area contributed by atoms with Crippen LogP contribution in [0.1, 0.15) is 19.4 Å². The van der Waals surface area contributed by atoms with Crippen molar-refractivity contribution in [3.8, 4) is 23.3 Å². The van der Waals surface area contributed by atoms with Crippen molar-refractivity contribution >= 4 is 0 Å². The topological polar surface area (TPSA) is 63.5 Å². The number of methoxy groups -OCH3 is 3. The first-order chi connectivity index (χ1) is 8.97. The summed E-state index contributed by atoms with van der Waals surface area (Å²) in [7, 11) is 4.72. The van der Waals surface area contributed by atoms with Gasteiger partial charge < -0.3 is 14.2 Å². The van der Waals surface area contributed by atoms with Gasteiger partial charge in [-0.3, -0.25) is 5.32 Å². The summed E-state index contributed by atoms with van der Waals surface area (Å²) in [5, 5.41) is 12.1. The van der Waals surface area contributed by atoms with E-state index < -0.39 is 5.54 Å². The van der Waals surface area contributed by atoms with Gasteiger partial charge >= 0.3 is 0 Å². The number of ether oxygens (including phenoxy) is 3. The maximum atomic E-state index is 8.97. The zero-order valence-electron chi connectivity index (χ0n) is 12.0. The lowest BCUT2D eigenvalue weighted by Crippen LogP contribution is -2.36. The highest BCUT2D eigenvalue weighted by atomic mass is 16.5. The minimum atomic E-state index is -0.583. The van der Waals surface area contributed by atoms with Gasteiger partial charge in [0.2, 0.25) is 5.75 Å². The minimum absolute atomic E-state index is 0.539. The molecule has 0 aromatic heterocycles. The molecule has 0 atom stereocenters. The van der Waals surface area contributed by atoms with Gasteiger partial charge in [-0.05, 0) is 31.5 Å². The summed E-state index contributed by atoms with van der Waals surface area (Å²) in [6.07, 6.45) is 0. The van der Waals surface area contributed by atoms with E-state index in [1.54, 1.807) is 21.3 Å². The predicted molar refractivity (Wildman–Crippen MR) is 72.6 cm³/mol. The first-order valence-electron chi connectivity index (χ1n) is 5.92. The highest BCUT2D eigenvalue weighted by Crippen LogP contribution is 2.38. The fourth-order valence-corrected chi connectivity index (χ4v) is 1.60. The molecule has 1 N–H and O–H groups in total. The van der Waals surface area contributed by atoms with Crippen molar-refractivity contribution in [3.63, 3.8) is 0 Å². The van der Waals surface area contributed by atoms with Crippen molar-refractivity contribution < 1.29 is 14.2 Å². The van der Waals surface area contributed by atoms with Gasteiger partial charge in [0.1, 0.15) is 5.54 Å². The van der Waals surface area contributed by atoms with E-state index in [4.69, 9.17) is 19.5 Å². The molecule has 104 valence electrons. The van der Waals surface area contributed by atoms with Crippen LogP contribution in [-0.2, 0) is 6.54 Å². The fraction of sp³-hybridized carbons (Fsp3) is 0.500. The van der Waals surface area contributed by atoms with E-state index in [1.165, 1.54) is 0 Å². The number of benzene rings is 1. The molecule has 0 unspecified atom stereocenters. The summed E-state index contributed by atoms with van der Waals surface area (Å²) in [6.45, 7) is 4.19. The third-order valence-electron chi connectivity index (χ3n) is 2.74. The van der Waals surface area contributed by atoms with Gasteiger partial charge in [0.25, 0.3) is 0 Å². The van der Waals surface area contributed by atoms with E-state index in [9.17, 15) is 0 Å². The van der Waals surface area contributed by atoms with Gasteiger partial charge in [-0.15, -0.1) is 0 Å². The number of rotatable bonds is 6. The standard InChI is InChI=1S/C14H20N2O3/c1-14(2,9-15)16-8-10-6-11(17-3)13(19-5)12(7-10)18-4/h6-7,16H,8H2,1-5H3. The summed E-state index contributed by atoms with van der Waals surface area (Å²) in [5.41, 5.74) is 0.373. The van der Waals surface area contributed by atoms with E-state index in [2.05, 4.69) is 11.4 Å². The SMILES string of the molecule is COc1cc(CNC(C)(C)C#N)cc(OC)c1OC. The summed E-state index contributed by atoms with van der Waals surface area (Å²) < 4.78 is 15.8. The Balaban J connectivity index is 3.01. The number of nitrogens with one attached hydrogen (secondary N) is 1. The molecule has 0 radical (unpaired) electrons. The Kier molecular flexibility index (Phi) is 5.02. The maximum absolute atomic E-state index is 8.97. The van der Waals surface area contributed by atoms with Crippen LogP contribution in [0.25, 0.3) is 0 Å². The van der Waals surface area contributed by atoms with E-state index in [0.29, 0.717) is 23.8 Å². The van der Waals surface area contributed by atoms with Gasteiger partial charge in [-0.2, -0.15) is 5.26 Å². The van der Waals surface area contributed by atoms with Crippen molar-refractivity contribution in [1.29, 1.82) is 5.26 Å². The third-order valence-corrected chi connectivity index (χ3v) is 2.74. The molecular weight excluding hydrogens is 244 g/mol. The van der Waals surface area contributed by atoms with Gasteiger partial charge in [-0.25, -0.2) is 0 Å². The molecule has 0 fully saturated rings. The lowest BCUT2D eigenvalue weighted by atomic mass is 10.1. The molecule has 0 aliphatic rings. The smallest absolute Gasteiger partial charge is 0.203 e. The Hall–Kier alpha value is -1.93. The van der Waals surface area contributed by atoms with Gasteiger partial charge in [0, 0.05) is 6.54 Å². The van der Waals surface area contributed by atoms with Crippen molar-refractivity contribution in [3.05, 3.63) is 17.7 Å². The van der Waals surface area contributed by atoms with Crippen LogP contribution in [0.2, 0.25) is 0 Å². The lowest BCUT2D eigenvalue weighted by molar-refractivity contribution is 0.323. The van der Waals surface area contributed by atoms with Crippen molar-refractivity contribution in [2.24, 2.45) is 0 Å². The molecule has 0 amide bonds. The summed E-state index contributed by atoms with van der Waals surface area (Å²) in [5.74, 6) is 1.77. The second-order valence-corrected chi connectivity index (χ2v) is 4.62. The summed E-state index contributed by atoms with van der Waals surface area (Å²) >= 11 is 0. The molecule has 0 aliphatic carbocycles. The second kappa shape index (κ2) is 6.30. The summed E-state index contributed by atoms with van der Waals surface area (Å²) in [6, 6.07) is 5.92. The molecule has 5 heteroatoms. The summed E-state index contributed by atoms with van der Waals surface area (Å²) in [4.78, 5) is 0. The van der Waals surface area contributed by atoms with Gasteiger partial charge in [0.15, 0.2) is 11.5 Å². The van der Waals surface area contributed by atoms with Crippen molar-refractivity contribution in [2.45, 2.75) is 25.9 Å². The predicted octanol–water partition coefficient (Wildman–Crippen LogP) is 2.10. The number of nitrogens with zero attached hydrogens (tertiary/aromatic N) is 1. The minimum Gasteiger partial charge on any atom is -0.493 e. The van der Waals surface area contributed by atoms with Crippen molar-refractivity contribution in [1.82, 2.24) is 5.32 Å². The molecule has 0 bridgehead atoms. The highest BCUT2D eigenvalue weighted by Gasteiger charge is 2.17. The number of hydrogen-bond donors (Lipinski definition) is 1. The van der Waals surface area contributed by atoms with Crippen LogP contribution in [0.4, 0.5) is 0 Å². The number of hydrogen-bond acceptors (Lipinski definition) is 5. The third kappa shape index (κ3) is 3.76. The zero-order chi connectivity index (χ0) is 14.5. The van der Waals surface area contributed by atoms with E-state index in [-0.39, 0.29) is 0 Å². The molecule has 1 aromatic rings. The lowest BCUT2D eigenvalue weighted by Gasteiger charge is -2.19. The molecule has 0 saturated heterocycles. The van der Waals surface area contributed by atoms with Crippen LogP contribution in [0.5, 0.6) is 17.2 Å². The molecule has 0 saturated carbocycles. The molecule has 1 rings (SSSR count). The molecule has 19 heavy (non-hydrogen) atoms. The first kappa shape index (κ1) is 15.1. The Morgan fingerprint density at radius 2 is 1.63 bits per heavy atom. The van der Waals surface area contributed by atoms with Crippen molar-refractivity contribution in [2.75, 3.05) is 21.3 Å². The molecule has 0 aliphatic heterocycles. The van der Waals surface area contributed by atoms with Crippen LogP contribution >= 0.6 is 0 Å². The average molecular weight is 264 g/mol. The van der Waals surface area contributed by atoms with Crippen LogP contribution in [0, 0.1) is 11.3 Å². The van der Waals surface area contributed by atoms with Gasteiger partial charge in [-0.1, -0.05) is 0 Å².